The van der Waals surface area contributed by atoms with Crippen LogP contribution < -0.4 is 0 Å². The molecule has 0 radical (unpaired) electrons. The molecule has 3 heteroatoms. The van der Waals surface area contributed by atoms with E-state index in [4.69, 9.17) is 9.47 Å². The normalized spacial score (nSPS) is 23.5. The number of ether oxygens (including phenoxy) is 2. The Morgan fingerprint density at radius 3 is 2.24 bits per heavy atom. The summed E-state index contributed by atoms with van der Waals surface area (Å²) >= 11 is 0. The molecule has 0 N–H and O–H groups in total. The van der Waals surface area contributed by atoms with Crippen molar-refractivity contribution in [3.63, 3.8) is 0 Å². The average Bonchev–Trinajstić information content (AvgIpc) is 3.01. The molecule has 1 saturated heterocycles. The second-order valence-electron chi connectivity index (χ2n) is 6.77. The first-order valence-corrected chi connectivity index (χ1v) is 8.98. The summed E-state index contributed by atoms with van der Waals surface area (Å²) in [6.07, 6.45) is 6.43. The fourth-order valence-corrected chi connectivity index (χ4v) is 3.71. The molecule has 2 aliphatic rings. The van der Waals surface area contributed by atoms with E-state index in [1.54, 1.807) is 6.08 Å². The third-order valence-corrected chi connectivity index (χ3v) is 5.07. The van der Waals surface area contributed by atoms with Crippen molar-refractivity contribution in [1.29, 1.82) is 0 Å². The van der Waals surface area contributed by atoms with Gasteiger partial charge < -0.3 is 9.47 Å². The summed E-state index contributed by atoms with van der Waals surface area (Å²) in [6, 6.07) is 19.3. The number of rotatable bonds is 3. The molecule has 1 atom stereocenters. The first kappa shape index (κ1) is 16.1. The summed E-state index contributed by atoms with van der Waals surface area (Å²) < 4.78 is 12.5. The van der Waals surface area contributed by atoms with Gasteiger partial charge in [0.05, 0.1) is 0 Å². The highest BCUT2D eigenvalue weighted by Gasteiger charge is 2.47. The molecule has 1 aliphatic heterocycles. The van der Waals surface area contributed by atoms with Gasteiger partial charge in [-0.25, -0.2) is 0 Å². The van der Waals surface area contributed by atoms with Gasteiger partial charge >= 0.3 is 0 Å². The minimum Gasteiger partial charge on any atom is -0.462 e. The van der Waals surface area contributed by atoms with Crippen molar-refractivity contribution in [3.05, 3.63) is 83.6 Å². The standard InChI is InChI=1S/C22H22O3/c23-19(17-10-4-1-5-11-17)16-20-22(14-8-3-9-15-22)25-21(24-20)18-12-6-2-7-13-18/h1-2,4-7,10-13,16,21H,3,8-9,14-15H2/b20-16-/t21-/m1/s1. The van der Waals surface area contributed by atoms with Gasteiger partial charge in [0.15, 0.2) is 5.78 Å². The fraction of sp³-hybridized carbons (Fsp3) is 0.318. The largest absolute Gasteiger partial charge is 0.462 e. The summed E-state index contributed by atoms with van der Waals surface area (Å²) in [7, 11) is 0. The highest BCUT2D eigenvalue weighted by Crippen LogP contribution is 2.48. The minimum absolute atomic E-state index is 0.0298. The van der Waals surface area contributed by atoms with Crippen molar-refractivity contribution in [2.45, 2.75) is 44.0 Å². The van der Waals surface area contributed by atoms with E-state index in [1.165, 1.54) is 6.42 Å². The lowest BCUT2D eigenvalue weighted by molar-refractivity contribution is -0.103. The predicted molar refractivity (Wildman–Crippen MR) is 96.0 cm³/mol. The Balaban J connectivity index is 1.66. The van der Waals surface area contributed by atoms with Gasteiger partial charge in [-0.1, -0.05) is 79.9 Å². The molecule has 1 heterocycles. The summed E-state index contributed by atoms with van der Waals surface area (Å²) in [4.78, 5) is 12.7. The Labute approximate surface area is 148 Å². The van der Waals surface area contributed by atoms with Gasteiger partial charge in [-0.05, 0) is 12.8 Å². The van der Waals surface area contributed by atoms with E-state index in [9.17, 15) is 4.79 Å². The maximum Gasteiger partial charge on any atom is 0.227 e. The van der Waals surface area contributed by atoms with E-state index < -0.39 is 11.9 Å². The first-order valence-electron chi connectivity index (χ1n) is 8.98. The molecular formula is C22H22O3. The van der Waals surface area contributed by atoms with Gasteiger partial charge in [0.2, 0.25) is 6.29 Å². The van der Waals surface area contributed by atoms with Crippen LogP contribution in [0.1, 0.15) is 54.3 Å². The van der Waals surface area contributed by atoms with Crippen LogP contribution in [0.3, 0.4) is 0 Å². The topological polar surface area (TPSA) is 35.5 Å². The van der Waals surface area contributed by atoms with Crippen molar-refractivity contribution < 1.29 is 14.3 Å². The lowest BCUT2D eigenvalue weighted by Crippen LogP contribution is -2.33. The molecule has 25 heavy (non-hydrogen) atoms. The van der Waals surface area contributed by atoms with E-state index in [0.717, 1.165) is 31.2 Å². The molecule has 0 unspecified atom stereocenters. The third kappa shape index (κ3) is 3.24. The summed E-state index contributed by atoms with van der Waals surface area (Å²) in [5, 5.41) is 0. The van der Waals surface area contributed by atoms with Crippen LogP contribution >= 0.6 is 0 Å². The smallest absolute Gasteiger partial charge is 0.227 e. The molecule has 4 rings (SSSR count). The Morgan fingerprint density at radius 2 is 1.56 bits per heavy atom. The zero-order valence-corrected chi connectivity index (χ0v) is 14.2. The molecule has 2 fully saturated rings. The molecule has 0 amide bonds. The number of hydrogen-bond acceptors (Lipinski definition) is 3. The zero-order chi connectivity index (χ0) is 17.1. The number of carbonyl (C=O) groups excluding carboxylic acids is 1. The molecule has 3 nitrogen and oxygen atoms in total. The van der Waals surface area contributed by atoms with Crippen LogP contribution in [0, 0.1) is 0 Å². The van der Waals surface area contributed by atoms with Crippen LogP contribution in [0.15, 0.2) is 72.5 Å². The van der Waals surface area contributed by atoms with Crippen LogP contribution in [0.5, 0.6) is 0 Å². The lowest BCUT2D eigenvalue weighted by atomic mass is 9.83. The summed E-state index contributed by atoms with van der Waals surface area (Å²) in [5.74, 6) is 0.660. The van der Waals surface area contributed by atoms with E-state index in [0.29, 0.717) is 11.3 Å². The molecule has 1 saturated carbocycles. The molecule has 2 aromatic rings. The van der Waals surface area contributed by atoms with Crippen molar-refractivity contribution in [3.8, 4) is 0 Å². The number of benzene rings is 2. The fourth-order valence-electron chi connectivity index (χ4n) is 3.71. The molecule has 0 aromatic heterocycles. The van der Waals surface area contributed by atoms with Crippen molar-refractivity contribution >= 4 is 5.78 Å². The summed E-state index contributed by atoms with van der Waals surface area (Å²) in [6.45, 7) is 0. The Kier molecular flexibility index (Phi) is 4.41. The Morgan fingerprint density at radius 1 is 0.920 bits per heavy atom. The van der Waals surface area contributed by atoms with Gasteiger partial charge in [0.1, 0.15) is 11.4 Å². The van der Waals surface area contributed by atoms with Gasteiger partial charge in [0.25, 0.3) is 0 Å². The predicted octanol–water partition coefficient (Wildman–Crippen LogP) is 5.20. The molecule has 1 spiro atoms. The quantitative estimate of drug-likeness (QED) is 0.571. The highest BCUT2D eigenvalue weighted by molar-refractivity contribution is 6.04. The first-order chi connectivity index (χ1) is 12.3. The maximum atomic E-state index is 12.7. The molecule has 0 bridgehead atoms. The van der Waals surface area contributed by atoms with Gasteiger partial charge in [-0.2, -0.15) is 0 Å². The highest BCUT2D eigenvalue weighted by atomic mass is 16.7. The van der Waals surface area contributed by atoms with Crippen LogP contribution in [0.2, 0.25) is 0 Å². The average molecular weight is 334 g/mol. The van der Waals surface area contributed by atoms with E-state index in [1.807, 2.05) is 60.7 Å². The molecular weight excluding hydrogens is 312 g/mol. The van der Waals surface area contributed by atoms with Gasteiger partial charge in [-0.3, -0.25) is 4.79 Å². The van der Waals surface area contributed by atoms with E-state index in [2.05, 4.69) is 0 Å². The number of allylic oxidation sites excluding steroid dienone is 1. The maximum absolute atomic E-state index is 12.7. The van der Waals surface area contributed by atoms with E-state index in [-0.39, 0.29) is 5.78 Å². The van der Waals surface area contributed by atoms with Gasteiger partial charge in [-0.15, -0.1) is 0 Å². The van der Waals surface area contributed by atoms with Crippen LogP contribution in [-0.4, -0.2) is 11.4 Å². The van der Waals surface area contributed by atoms with Crippen molar-refractivity contribution in [1.82, 2.24) is 0 Å². The van der Waals surface area contributed by atoms with Crippen molar-refractivity contribution in [2.75, 3.05) is 0 Å². The SMILES string of the molecule is O=C(/C=C1\O[C@@H](c2ccccc2)OC12CCCCC2)c1ccccc1. The minimum atomic E-state index is -0.455. The Bertz CT molecular complexity index is 758. The van der Waals surface area contributed by atoms with Crippen LogP contribution in [0.4, 0.5) is 0 Å². The lowest BCUT2D eigenvalue weighted by Gasteiger charge is -2.31. The molecule has 128 valence electrons. The monoisotopic (exact) mass is 334 g/mol. The van der Waals surface area contributed by atoms with E-state index >= 15 is 0 Å². The molecule has 1 aliphatic carbocycles. The van der Waals surface area contributed by atoms with Crippen LogP contribution in [0.25, 0.3) is 0 Å². The number of hydrogen-bond donors (Lipinski definition) is 0. The molecule has 2 aromatic carbocycles. The Hall–Kier alpha value is -2.39. The van der Waals surface area contributed by atoms with Crippen molar-refractivity contribution in [2.24, 2.45) is 0 Å². The zero-order valence-electron chi connectivity index (χ0n) is 14.2. The second-order valence-corrected chi connectivity index (χ2v) is 6.77. The second kappa shape index (κ2) is 6.85. The van der Waals surface area contributed by atoms with Crippen LogP contribution in [-0.2, 0) is 9.47 Å². The summed E-state index contributed by atoms with van der Waals surface area (Å²) in [5.41, 5.74) is 1.21. The van der Waals surface area contributed by atoms with Gasteiger partial charge in [0, 0.05) is 17.2 Å². The third-order valence-electron chi connectivity index (χ3n) is 5.07. The number of ketones is 1. The number of carbonyl (C=O) groups is 1.